The van der Waals surface area contributed by atoms with E-state index in [-0.39, 0.29) is 0 Å². The van der Waals surface area contributed by atoms with Gasteiger partial charge in [-0.15, -0.1) is 0 Å². The van der Waals surface area contributed by atoms with Crippen molar-refractivity contribution in [3.8, 4) is 0 Å². The number of para-hydroxylation sites is 2. The lowest BCUT2D eigenvalue weighted by molar-refractivity contribution is 0.669. The lowest BCUT2D eigenvalue weighted by Crippen LogP contribution is -2.09. The van der Waals surface area contributed by atoms with E-state index in [0.717, 1.165) is 43.5 Å². The van der Waals surface area contributed by atoms with Crippen molar-refractivity contribution in [1.82, 2.24) is 0 Å². The minimum atomic E-state index is 0.906. The molecule has 0 fully saturated rings. The van der Waals surface area contributed by atoms with Crippen molar-refractivity contribution < 1.29 is 4.42 Å². The summed E-state index contributed by atoms with van der Waals surface area (Å²) in [4.78, 5) is 2.26. The molecule has 0 spiro atoms. The Kier molecular flexibility index (Phi) is 3.95. The second-order valence-electron chi connectivity index (χ2n) is 6.43. The number of anilines is 3. The van der Waals surface area contributed by atoms with Gasteiger partial charge in [-0.3, -0.25) is 0 Å². The third kappa shape index (κ3) is 2.90. The standard InChI is InChI=1S/C24H16BrNO/c25-17-10-12-19(13-11-17)26(18-6-2-1-3-7-18)20-14-15-24-22(16-20)21-8-4-5-9-23(21)27-24/h1-16H. The summed E-state index contributed by atoms with van der Waals surface area (Å²) in [7, 11) is 0. The highest BCUT2D eigenvalue weighted by atomic mass is 79.9. The molecular weight excluding hydrogens is 398 g/mol. The van der Waals surface area contributed by atoms with E-state index in [9.17, 15) is 0 Å². The maximum atomic E-state index is 5.99. The predicted molar refractivity (Wildman–Crippen MR) is 116 cm³/mol. The molecule has 0 unspecified atom stereocenters. The summed E-state index contributed by atoms with van der Waals surface area (Å²) < 4.78 is 7.05. The molecular formula is C24H16BrNO. The van der Waals surface area contributed by atoms with Crippen LogP contribution in [0.5, 0.6) is 0 Å². The second-order valence-corrected chi connectivity index (χ2v) is 7.34. The topological polar surface area (TPSA) is 16.4 Å². The van der Waals surface area contributed by atoms with Gasteiger partial charge in [0.2, 0.25) is 0 Å². The molecule has 27 heavy (non-hydrogen) atoms. The van der Waals surface area contributed by atoms with Gasteiger partial charge >= 0.3 is 0 Å². The quantitative estimate of drug-likeness (QED) is 0.299. The van der Waals surface area contributed by atoms with E-state index in [1.807, 2.05) is 24.3 Å². The molecule has 5 rings (SSSR count). The van der Waals surface area contributed by atoms with Crippen molar-refractivity contribution in [2.75, 3.05) is 4.90 Å². The normalized spacial score (nSPS) is 11.1. The third-order valence-electron chi connectivity index (χ3n) is 4.72. The van der Waals surface area contributed by atoms with Crippen LogP contribution >= 0.6 is 15.9 Å². The molecule has 0 saturated heterocycles. The Morgan fingerprint density at radius 1 is 0.556 bits per heavy atom. The van der Waals surface area contributed by atoms with Crippen molar-refractivity contribution in [1.29, 1.82) is 0 Å². The van der Waals surface area contributed by atoms with Gasteiger partial charge in [-0.2, -0.15) is 0 Å². The van der Waals surface area contributed by atoms with E-state index in [1.165, 1.54) is 0 Å². The molecule has 0 N–H and O–H groups in total. The van der Waals surface area contributed by atoms with Crippen LogP contribution in [0.1, 0.15) is 0 Å². The zero-order valence-corrected chi connectivity index (χ0v) is 16.1. The Morgan fingerprint density at radius 2 is 1.19 bits per heavy atom. The number of halogens is 1. The first-order valence-corrected chi connectivity index (χ1v) is 9.61. The lowest BCUT2D eigenvalue weighted by atomic mass is 10.1. The van der Waals surface area contributed by atoms with Crippen LogP contribution in [0.2, 0.25) is 0 Å². The van der Waals surface area contributed by atoms with Gasteiger partial charge in [0.1, 0.15) is 11.2 Å². The molecule has 1 heterocycles. The Bertz CT molecular complexity index is 1230. The molecule has 0 aliphatic heterocycles. The molecule has 0 aliphatic rings. The predicted octanol–water partition coefficient (Wildman–Crippen LogP) is 7.82. The van der Waals surface area contributed by atoms with Crippen molar-refractivity contribution in [2.24, 2.45) is 0 Å². The Morgan fingerprint density at radius 3 is 2.00 bits per heavy atom. The first kappa shape index (κ1) is 16.2. The van der Waals surface area contributed by atoms with E-state index in [4.69, 9.17) is 4.42 Å². The van der Waals surface area contributed by atoms with Gasteiger partial charge in [0.05, 0.1) is 0 Å². The van der Waals surface area contributed by atoms with Crippen LogP contribution in [-0.4, -0.2) is 0 Å². The maximum absolute atomic E-state index is 5.99. The maximum Gasteiger partial charge on any atom is 0.135 e. The van der Waals surface area contributed by atoms with Crippen molar-refractivity contribution in [2.45, 2.75) is 0 Å². The van der Waals surface area contributed by atoms with Gasteiger partial charge in [0.15, 0.2) is 0 Å². The summed E-state index contributed by atoms with van der Waals surface area (Å²) in [6, 6.07) is 33.3. The van der Waals surface area contributed by atoms with Gasteiger partial charge in [-0.1, -0.05) is 52.3 Å². The molecule has 130 valence electrons. The van der Waals surface area contributed by atoms with Crippen LogP contribution in [0.25, 0.3) is 21.9 Å². The Balaban J connectivity index is 1.73. The second kappa shape index (κ2) is 6.60. The molecule has 0 radical (unpaired) electrons. The molecule has 3 heteroatoms. The number of nitrogens with zero attached hydrogens (tertiary/aromatic N) is 1. The number of hydrogen-bond acceptors (Lipinski definition) is 2. The highest BCUT2D eigenvalue weighted by Gasteiger charge is 2.14. The number of benzene rings is 4. The fourth-order valence-corrected chi connectivity index (χ4v) is 3.73. The highest BCUT2D eigenvalue weighted by Crippen LogP contribution is 2.38. The van der Waals surface area contributed by atoms with Crippen LogP contribution in [0.3, 0.4) is 0 Å². The number of fused-ring (bicyclic) bond motifs is 3. The lowest BCUT2D eigenvalue weighted by Gasteiger charge is -2.25. The van der Waals surface area contributed by atoms with E-state index < -0.39 is 0 Å². The average Bonchev–Trinajstić information content (AvgIpc) is 3.09. The first-order chi connectivity index (χ1) is 13.3. The van der Waals surface area contributed by atoms with Crippen LogP contribution < -0.4 is 4.90 Å². The number of hydrogen-bond donors (Lipinski definition) is 0. The zero-order chi connectivity index (χ0) is 18.2. The number of furan rings is 1. The fourth-order valence-electron chi connectivity index (χ4n) is 3.47. The van der Waals surface area contributed by atoms with Crippen molar-refractivity contribution in [3.63, 3.8) is 0 Å². The van der Waals surface area contributed by atoms with Crippen molar-refractivity contribution >= 4 is 54.9 Å². The molecule has 5 aromatic rings. The van der Waals surface area contributed by atoms with E-state index in [2.05, 4.69) is 93.6 Å². The molecule has 0 aliphatic carbocycles. The van der Waals surface area contributed by atoms with Crippen LogP contribution in [0.4, 0.5) is 17.1 Å². The molecule has 4 aromatic carbocycles. The largest absolute Gasteiger partial charge is 0.456 e. The van der Waals surface area contributed by atoms with E-state index >= 15 is 0 Å². The smallest absolute Gasteiger partial charge is 0.135 e. The average molecular weight is 414 g/mol. The summed E-state index contributed by atoms with van der Waals surface area (Å²) >= 11 is 3.53. The minimum absolute atomic E-state index is 0.906. The van der Waals surface area contributed by atoms with Gasteiger partial charge < -0.3 is 9.32 Å². The van der Waals surface area contributed by atoms with E-state index in [1.54, 1.807) is 0 Å². The van der Waals surface area contributed by atoms with Gasteiger partial charge in [-0.25, -0.2) is 0 Å². The third-order valence-corrected chi connectivity index (χ3v) is 5.25. The Labute approximate surface area is 165 Å². The van der Waals surface area contributed by atoms with Crippen LogP contribution in [0, 0.1) is 0 Å². The van der Waals surface area contributed by atoms with Gasteiger partial charge in [0, 0.05) is 32.3 Å². The minimum Gasteiger partial charge on any atom is -0.456 e. The summed E-state index contributed by atoms with van der Waals surface area (Å²) in [5.41, 5.74) is 5.15. The summed E-state index contributed by atoms with van der Waals surface area (Å²) in [5.74, 6) is 0. The molecule has 0 bridgehead atoms. The van der Waals surface area contributed by atoms with E-state index in [0.29, 0.717) is 0 Å². The summed E-state index contributed by atoms with van der Waals surface area (Å²) in [6.45, 7) is 0. The SMILES string of the molecule is Brc1ccc(N(c2ccccc2)c2ccc3oc4ccccc4c3c2)cc1. The van der Waals surface area contributed by atoms with Crippen LogP contribution in [-0.2, 0) is 0 Å². The first-order valence-electron chi connectivity index (χ1n) is 8.82. The van der Waals surface area contributed by atoms with Gasteiger partial charge in [0.25, 0.3) is 0 Å². The molecule has 2 nitrogen and oxygen atoms in total. The molecule has 1 aromatic heterocycles. The monoisotopic (exact) mass is 413 g/mol. The fraction of sp³-hybridized carbons (Fsp3) is 0. The molecule has 0 amide bonds. The Hall–Kier alpha value is -3.04. The molecule has 0 saturated carbocycles. The van der Waals surface area contributed by atoms with Crippen molar-refractivity contribution in [3.05, 3.63) is 102 Å². The molecule has 0 atom stereocenters. The highest BCUT2D eigenvalue weighted by molar-refractivity contribution is 9.10. The number of rotatable bonds is 3. The zero-order valence-electron chi connectivity index (χ0n) is 14.5. The summed E-state index contributed by atoms with van der Waals surface area (Å²) in [5, 5.41) is 2.26. The van der Waals surface area contributed by atoms with Crippen LogP contribution in [0.15, 0.2) is 106 Å². The summed E-state index contributed by atoms with van der Waals surface area (Å²) in [6.07, 6.45) is 0. The van der Waals surface area contributed by atoms with Gasteiger partial charge in [-0.05, 0) is 60.7 Å².